The lowest BCUT2D eigenvalue weighted by Crippen LogP contribution is -2.38. The van der Waals surface area contributed by atoms with Crippen molar-refractivity contribution in [1.29, 1.82) is 0 Å². The number of fused-ring (bicyclic) bond motifs is 1. The van der Waals surface area contributed by atoms with E-state index in [1.165, 1.54) is 0 Å². The zero-order valence-electron chi connectivity index (χ0n) is 14.9. The SMILES string of the molecule is O=C(Cc1cccs1)N(Cc1nc2ccccc2c(=O)[nH]1)C[C@H]1CCCO1. The van der Waals surface area contributed by atoms with Crippen LogP contribution in [0.1, 0.15) is 23.5 Å². The van der Waals surface area contributed by atoms with Gasteiger partial charge < -0.3 is 14.6 Å². The molecule has 0 saturated carbocycles. The Morgan fingerprint density at radius 2 is 2.19 bits per heavy atom. The fraction of sp³-hybridized carbons (Fsp3) is 0.350. The van der Waals surface area contributed by atoms with Crippen LogP contribution < -0.4 is 5.56 Å². The van der Waals surface area contributed by atoms with Gasteiger partial charge in [-0.1, -0.05) is 18.2 Å². The minimum Gasteiger partial charge on any atom is -0.376 e. The molecule has 6 nitrogen and oxygen atoms in total. The predicted octanol–water partition coefficient (Wildman–Crippen LogP) is 2.73. The van der Waals surface area contributed by atoms with Crippen molar-refractivity contribution in [3.05, 3.63) is 62.8 Å². The van der Waals surface area contributed by atoms with Gasteiger partial charge in [0.15, 0.2) is 0 Å². The molecule has 0 unspecified atom stereocenters. The summed E-state index contributed by atoms with van der Waals surface area (Å²) in [6.45, 7) is 1.52. The Labute approximate surface area is 160 Å². The molecular weight excluding hydrogens is 362 g/mol. The number of carbonyl (C=O) groups excluding carboxylic acids is 1. The van der Waals surface area contributed by atoms with Gasteiger partial charge in [0.2, 0.25) is 5.91 Å². The Morgan fingerprint density at radius 3 is 2.96 bits per heavy atom. The minimum absolute atomic E-state index is 0.0174. The molecule has 1 fully saturated rings. The van der Waals surface area contributed by atoms with Gasteiger partial charge in [0.05, 0.1) is 30.0 Å². The highest BCUT2D eigenvalue weighted by Gasteiger charge is 2.24. The van der Waals surface area contributed by atoms with Gasteiger partial charge in [0.25, 0.3) is 5.56 Å². The van der Waals surface area contributed by atoms with Crippen LogP contribution in [0, 0.1) is 0 Å². The molecule has 4 rings (SSSR count). The van der Waals surface area contributed by atoms with Gasteiger partial charge in [-0.05, 0) is 36.4 Å². The van der Waals surface area contributed by atoms with Gasteiger partial charge in [-0.2, -0.15) is 0 Å². The van der Waals surface area contributed by atoms with Crippen LogP contribution in [0.5, 0.6) is 0 Å². The first-order chi connectivity index (χ1) is 13.2. The summed E-state index contributed by atoms with van der Waals surface area (Å²) in [5, 5.41) is 2.52. The Hall–Kier alpha value is -2.51. The monoisotopic (exact) mass is 383 g/mol. The molecule has 7 heteroatoms. The van der Waals surface area contributed by atoms with Crippen LogP contribution in [-0.4, -0.2) is 40.0 Å². The highest BCUT2D eigenvalue weighted by molar-refractivity contribution is 7.10. The largest absolute Gasteiger partial charge is 0.376 e. The number of thiophene rings is 1. The van der Waals surface area contributed by atoms with Crippen LogP contribution in [0.3, 0.4) is 0 Å². The smallest absolute Gasteiger partial charge is 0.258 e. The van der Waals surface area contributed by atoms with E-state index in [9.17, 15) is 9.59 Å². The fourth-order valence-electron chi connectivity index (χ4n) is 3.35. The summed E-state index contributed by atoms with van der Waals surface area (Å²) in [5.74, 6) is 0.514. The molecule has 3 heterocycles. The van der Waals surface area contributed by atoms with E-state index >= 15 is 0 Å². The molecule has 0 spiro atoms. The van der Waals surface area contributed by atoms with Crippen LogP contribution >= 0.6 is 11.3 Å². The molecule has 0 bridgehead atoms. The number of hydrogen-bond donors (Lipinski definition) is 1. The maximum absolute atomic E-state index is 12.9. The second-order valence-electron chi connectivity index (χ2n) is 6.70. The topological polar surface area (TPSA) is 75.3 Å². The molecule has 1 amide bonds. The standard InChI is InChI=1S/C20H21N3O3S/c24-19(11-15-6-4-10-27-15)23(12-14-5-3-9-26-14)13-18-21-17-8-2-1-7-16(17)20(25)22-18/h1-2,4,6-8,10,14H,3,5,9,11-13H2,(H,21,22,25)/t14-/m1/s1. The highest BCUT2D eigenvalue weighted by atomic mass is 32.1. The minimum atomic E-state index is -0.182. The van der Waals surface area contributed by atoms with Crippen molar-refractivity contribution in [1.82, 2.24) is 14.9 Å². The van der Waals surface area contributed by atoms with E-state index in [0.717, 1.165) is 24.3 Å². The summed E-state index contributed by atoms with van der Waals surface area (Å²) in [4.78, 5) is 35.4. The van der Waals surface area contributed by atoms with Gasteiger partial charge in [-0.15, -0.1) is 11.3 Å². The zero-order valence-corrected chi connectivity index (χ0v) is 15.7. The van der Waals surface area contributed by atoms with Crippen molar-refractivity contribution in [3.8, 4) is 0 Å². The summed E-state index contributed by atoms with van der Waals surface area (Å²) < 4.78 is 5.72. The molecule has 2 aromatic heterocycles. The summed E-state index contributed by atoms with van der Waals surface area (Å²) in [6.07, 6.45) is 2.36. The molecule has 0 radical (unpaired) electrons. The lowest BCUT2D eigenvalue weighted by Gasteiger charge is -2.25. The number of para-hydroxylation sites is 1. The Morgan fingerprint density at radius 1 is 1.30 bits per heavy atom. The first-order valence-corrected chi connectivity index (χ1v) is 9.97. The highest BCUT2D eigenvalue weighted by Crippen LogP contribution is 2.17. The lowest BCUT2D eigenvalue weighted by molar-refractivity contribution is -0.132. The van der Waals surface area contributed by atoms with Gasteiger partial charge in [-0.25, -0.2) is 4.98 Å². The van der Waals surface area contributed by atoms with Gasteiger partial charge in [-0.3, -0.25) is 9.59 Å². The van der Waals surface area contributed by atoms with Gasteiger partial charge >= 0.3 is 0 Å². The molecule has 3 aromatic rings. The molecule has 1 N–H and O–H groups in total. The van der Waals surface area contributed by atoms with Crippen LogP contribution in [0.2, 0.25) is 0 Å². The van der Waals surface area contributed by atoms with E-state index in [1.807, 2.05) is 35.7 Å². The van der Waals surface area contributed by atoms with Crippen molar-refractivity contribution < 1.29 is 9.53 Å². The molecule has 1 aliphatic heterocycles. The number of aromatic amines is 1. The van der Waals surface area contributed by atoms with Crippen molar-refractivity contribution in [2.75, 3.05) is 13.2 Å². The predicted molar refractivity (Wildman–Crippen MR) is 105 cm³/mol. The molecule has 1 saturated heterocycles. The average Bonchev–Trinajstić information content (AvgIpc) is 3.35. The normalized spacial score (nSPS) is 16.7. The summed E-state index contributed by atoms with van der Waals surface area (Å²) >= 11 is 1.57. The molecule has 1 atom stereocenters. The van der Waals surface area contributed by atoms with Crippen LogP contribution in [0.25, 0.3) is 10.9 Å². The van der Waals surface area contributed by atoms with E-state index in [2.05, 4.69) is 9.97 Å². The number of H-pyrrole nitrogens is 1. The quantitative estimate of drug-likeness (QED) is 0.710. The van der Waals surface area contributed by atoms with E-state index < -0.39 is 0 Å². The Kier molecular flexibility index (Phi) is 5.31. The number of carbonyl (C=O) groups is 1. The van der Waals surface area contributed by atoms with E-state index in [1.54, 1.807) is 22.3 Å². The van der Waals surface area contributed by atoms with Crippen LogP contribution in [0.15, 0.2) is 46.6 Å². The first-order valence-electron chi connectivity index (χ1n) is 9.09. The third-order valence-corrected chi connectivity index (χ3v) is 5.59. The number of nitrogens with one attached hydrogen (secondary N) is 1. The second kappa shape index (κ2) is 8.02. The van der Waals surface area contributed by atoms with Crippen molar-refractivity contribution in [2.45, 2.75) is 31.9 Å². The number of benzene rings is 1. The zero-order chi connectivity index (χ0) is 18.6. The molecule has 1 aromatic carbocycles. The van der Waals surface area contributed by atoms with Crippen LogP contribution in [0.4, 0.5) is 0 Å². The van der Waals surface area contributed by atoms with Gasteiger partial charge in [0, 0.05) is 18.0 Å². The maximum atomic E-state index is 12.9. The lowest BCUT2D eigenvalue weighted by atomic mass is 10.2. The third kappa shape index (κ3) is 4.26. The van der Waals surface area contributed by atoms with Crippen molar-refractivity contribution >= 4 is 28.1 Å². The third-order valence-electron chi connectivity index (χ3n) is 4.71. The molecular formula is C20H21N3O3S. The molecule has 1 aliphatic rings. The summed E-state index contributed by atoms with van der Waals surface area (Å²) in [6, 6.07) is 11.1. The Bertz CT molecular complexity index is 978. The van der Waals surface area contributed by atoms with Gasteiger partial charge in [0.1, 0.15) is 5.82 Å². The fourth-order valence-corrected chi connectivity index (χ4v) is 4.05. The Balaban J connectivity index is 1.57. The van der Waals surface area contributed by atoms with E-state index in [-0.39, 0.29) is 24.1 Å². The van der Waals surface area contributed by atoms with Crippen molar-refractivity contribution in [2.24, 2.45) is 0 Å². The number of amides is 1. The maximum Gasteiger partial charge on any atom is 0.258 e. The second-order valence-corrected chi connectivity index (χ2v) is 7.73. The summed E-state index contributed by atoms with van der Waals surface area (Å²) in [7, 11) is 0. The number of ether oxygens (including phenoxy) is 1. The number of hydrogen-bond acceptors (Lipinski definition) is 5. The van der Waals surface area contributed by atoms with Crippen LogP contribution in [-0.2, 0) is 22.5 Å². The molecule has 27 heavy (non-hydrogen) atoms. The average molecular weight is 383 g/mol. The number of aromatic nitrogens is 2. The van der Waals surface area contributed by atoms with E-state index in [4.69, 9.17) is 4.74 Å². The summed E-state index contributed by atoms with van der Waals surface area (Å²) in [5.41, 5.74) is 0.456. The van der Waals surface area contributed by atoms with E-state index in [0.29, 0.717) is 29.7 Å². The molecule has 0 aliphatic carbocycles. The first kappa shape index (κ1) is 17.9. The molecule has 140 valence electrons. The van der Waals surface area contributed by atoms with Crippen molar-refractivity contribution in [3.63, 3.8) is 0 Å². The number of rotatable bonds is 6. The number of nitrogens with zero attached hydrogens (tertiary/aromatic N) is 2.